The fourth-order valence-electron chi connectivity index (χ4n) is 1.98. The summed E-state index contributed by atoms with van der Waals surface area (Å²) in [6, 6.07) is 7.45. The number of halogens is 2. The number of nitrogens with zero attached hydrogens (tertiary/aromatic N) is 1. The van der Waals surface area contributed by atoms with Crippen molar-refractivity contribution in [2.24, 2.45) is 0 Å². The Balaban J connectivity index is 1.78. The molecule has 0 bridgehead atoms. The fourth-order valence-corrected chi connectivity index (χ4v) is 3.04. The molecule has 0 aliphatic rings. The van der Waals surface area contributed by atoms with E-state index in [9.17, 15) is 4.79 Å². The lowest BCUT2D eigenvalue weighted by Gasteiger charge is -2.05. The molecule has 2 aromatic heterocycles. The van der Waals surface area contributed by atoms with Gasteiger partial charge in [0.1, 0.15) is 10.7 Å². The Labute approximate surface area is 141 Å². The number of hydrogen-bond donors (Lipinski definition) is 2. The van der Waals surface area contributed by atoms with E-state index >= 15 is 0 Å². The summed E-state index contributed by atoms with van der Waals surface area (Å²) in [5, 5.41) is 6.24. The predicted octanol–water partition coefficient (Wildman–Crippen LogP) is 5.01. The van der Waals surface area contributed by atoms with Crippen molar-refractivity contribution < 1.29 is 4.79 Å². The van der Waals surface area contributed by atoms with E-state index in [0.717, 1.165) is 10.6 Å². The summed E-state index contributed by atoms with van der Waals surface area (Å²) in [5.41, 5.74) is 2.60. The number of carbonyl (C=O) groups excluding carboxylic acids is 1. The second-order valence-electron chi connectivity index (χ2n) is 4.62. The number of amides is 1. The molecule has 2 N–H and O–H groups in total. The second kappa shape index (κ2) is 6.12. The monoisotopic (exact) mass is 351 g/mol. The summed E-state index contributed by atoms with van der Waals surface area (Å²) >= 11 is 13.6. The van der Waals surface area contributed by atoms with Crippen LogP contribution < -0.4 is 5.32 Å². The molecule has 3 rings (SSSR count). The third-order valence-electron chi connectivity index (χ3n) is 3.10. The predicted molar refractivity (Wildman–Crippen MR) is 91.1 cm³/mol. The van der Waals surface area contributed by atoms with E-state index in [1.165, 1.54) is 0 Å². The third kappa shape index (κ3) is 2.88. The van der Waals surface area contributed by atoms with Gasteiger partial charge >= 0.3 is 0 Å². The van der Waals surface area contributed by atoms with Crippen LogP contribution >= 0.6 is 34.5 Å². The molecule has 4 nitrogen and oxygen atoms in total. The van der Waals surface area contributed by atoms with E-state index in [2.05, 4.69) is 15.3 Å². The molecule has 0 saturated carbocycles. The maximum Gasteiger partial charge on any atom is 0.273 e. The van der Waals surface area contributed by atoms with Crippen LogP contribution in [0.2, 0.25) is 10.0 Å². The van der Waals surface area contributed by atoms with Crippen LogP contribution in [0.5, 0.6) is 0 Å². The average Bonchev–Trinajstić information content (AvgIpc) is 3.13. The number of aryl methyl sites for hydroxylation is 1. The SMILES string of the molecule is Cc1[nH]c(C(=O)Nc2ccc(-c3nccs3)cc2)c(Cl)c1Cl. The first-order valence-corrected chi connectivity index (χ1v) is 8.04. The number of hydrogen-bond acceptors (Lipinski definition) is 3. The van der Waals surface area contributed by atoms with Crippen LogP contribution in [0.25, 0.3) is 10.6 Å². The van der Waals surface area contributed by atoms with Crippen LogP contribution in [0.15, 0.2) is 35.8 Å². The molecule has 0 spiro atoms. The van der Waals surface area contributed by atoms with Crippen molar-refractivity contribution in [1.82, 2.24) is 9.97 Å². The number of H-pyrrole nitrogens is 1. The molecular formula is C15H11Cl2N3OS. The normalized spacial score (nSPS) is 10.7. The topological polar surface area (TPSA) is 57.8 Å². The van der Waals surface area contributed by atoms with Crippen molar-refractivity contribution in [2.75, 3.05) is 5.32 Å². The molecule has 7 heteroatoms. The Kier molecular flexibility index (Phi) is 4.20. The van der Waals surface area contributed by atoms with Crippen LogP contribution in [0, 0.1) is 6.92 Å². The molecule has 0 unspecified atom stereocenters. The van der Waals surface area contributed by atoms with Gasteiger partial charge in [0.2, 0.25) is 0 Å². The molecule has 0 radical (unpaired) electrons. The minimum Gasteiger partial charge on any atom is -0.352 e. The third-order valence-corrected chi connectivity index (χ3v) is 4.87. The molecule has 0 aliphatic heterocycles. The number of aromatic nitrogens is 2. The van der Waals surface area contributed by atoms with Crippen molar-refractivity contribution in [1.29, 1.82) is 0 Å². The lowest BCUT2D eigenvalue weighted by Crippen LogP contribution is -2.12. The van der Waals surface area contributed by atoms with Crippen LogP contribution in [0.4, 0.5) is 5.69 Å². The Hall–Kier alpha value is -1.82. The van der Waals surface area contributed by atoms with Gasteiger partial charge in [-0.15, -0.1) is 11.3 Å². The lowest BCUT2D eigenvalue weighted by molar-refractivity contribution is 0.102. The number of benzene rings is 1. The van der Waals surface area contributed by atoms with Crippen molar-refractivity contribution in [2.45, 2.75) is 6.92 Å². The molecule has 1 aromatic carbocycles. The van der Waals surface area contributed by atoms with Gasteiger partial charge in [0.25, 0.3) is 5.91 Å². The summed E-state index contributed by atoms with van der Waals surface area (Å²) < 4.78 is 0. The largest absolute Gasteiger partial charge is 0.352 e. The number of aromatic amines is 1. The van der Waals surface area contributed by atoms with Gasteiger partial charge in [-0.25, -0.2) is 4.98 Å². The number of anilines is 1. The van der Waals surface area contributed by atoms with E-state index in [4.69, 9.17) is 23.2 Å². The highest BCUT2D eigenvalue weighted by atomic mass is 35.5. The van der Waals surface area contributed by atoms with Gasteiger partial charge in [-0.2, -0.15) is 0 Å². The van der Waals surface area contributed by atoms with E-state index in [1.807, 2.05) is 29.6 Å². The summed E-state index contributed by atoms with van der Waals surface area (Å²) in [4.78, 5) is 19.3. The van der Waals surface area contributed by atoms with E-state index in [-0.39, 0.29) is 16.6 Å². The zero-order valence-corrected chi connectivity index (χ0v) is 13.8. The Morgan fingerprint density at radius 1 is 1.23 bits per heavy atom. The van der Waals surface area contributed by atoms with Gasteiger partial charge in [-0.05, 0) is 31.2 Å². The summed E-state index contributed by atoms with van der Waals surface area (Å²) in [7, 11) is 0. The van der Waals surface area contributed by atoms with Gasteiger partial charge in [-0.1, -0.05) is 23.2 Å². The molecule has 22 heavy (non-hydrogen) atoms. The van der Waals surface area contributed by atoms with Gasteiger partial charge in [0, 0.05) is 28.5 Å². The minimum absolute atomic E-state index is 0.232. The van der Waals surface area contributed by atoms with Crippen LogP contribution in [0.3, 0.4) is 0 Å². The zero-order chi connectivity index (χ0) is 15.7. The molecule has 0 atom stereocenters. The molecular weight excluding hydrogens is 341 g/mol. The molecule has 0 aliphatic carbocycles. The number of carbonyl (C=O) groups is 1. The van der Waals surface area contributed by atoms with Crippen molar-refractivity contribution in [3.8, 4) is 10.6 Å². The van der Waals surface area contributed by atoms with Gasteiger partial charge in [0.05, 0.1) is 10.0 Å². The first-order chi connectivity index (χ1) is 10.6. The maximum atomic E-state index is 12.2. The van der Waals surface area contributed by atoms with E-state index < -0.39 is 0 Å². The maximum absolute atomic E-state index is 12.2. The first-order valence-electron chi connectivity index (χ1n) is 6.41. The quantitative estimate of drug-likeness (QED) is 0.696. The summed E-state index contributed by atoms with van der Waals surface area (Å²) in [6.45, 7) is 1.76. The molecule has 2 heterocycles. The van der Waals surface area contributed by atoms with Crippen molar-refractivity contribution >= 4 is 46.1 Å². The van der Waals surface area contributed by atoms with Crippen LogP contribution in [-0.2, 0) is 0 Å². The zero-order valence-electron chi connectivity index (χ0n) is 11.5. The first kappa shape index (κ1) is 15.1. The van der Waals surface area contributed by atoms with Gasteiger partial charge in [0.15, 0.2) is 0 Å². The standard InChI is InChI=1S/C15H11Cl2N3OS/c1-8-11(16)12(17)13(19-8)14(21)20-10-4-2-9(3-5-10)15-18-6-7-22-15/h2-7,19H,1H3,(H,20,21). The van der Waals surface area contributed by atoms with Crippen molar-refractivity contribution in [3.05, 3.63) is 57.3 Å². The average molecular weight is 352 g/mol. The van der Waals surface area contributed by atoms with Crippen LogP contribution in [-0.4, -0.2) is 15.9 Å². The second-order valence-corrected chi connectivity index (χ2v) is 6.27. The van der Waals surface area contributed by atoms with Crippen molar-refractivity contribution in [3.63, 3.8) is 0 Å². The number of thiazole rings is 1. The molecule has 0 saturated heterocycles. The molecule has 3 aromatic rings. The number of rotatable bonds is 3. The molecule has 0 fully saturated rings. The Bertz CT molecular complexity index is 810. The number of nitrogens with one attached hydrogen (secondary N) is 2. The van der Waals surface area contributed by atoms with E-state index in [0.29, 0.717) is 16.4 Å². The summed E-state index contributed by atoms with van der Waals surface area (Å²) in [6.07, 6.45) is 1.76. The molecule has 112 valence electrons. The fraction of sp³-hybridized carbons (Fsp3) is 0.0667. The Morgan fingerprint density at radius 3 is 2.50 bits per heavy atom. The lowest BCUT2D eigenvalue weighted by atomic mass is 10.2. The highest BCUT2D eigenvalue weighted by Gasteiger charge is 2.18. The molecule has 1 amide bonds. The van der Waals surface area contributed by atoms with Gasteiger partial charge < -0.3 is 10.3 Å². The summed E-state index contributed by atoms with van der Waals surface area (Å²) in [5.74, 6) is -0.331. The Morgan fingerprint density at radius 2 is 1.95 bits per heavy atom. The van der Waals surface area contributed by atoms with Crippen LogP contribution in [0.1, 0.15) is 16.2 Å². The van der Waals surface area contributed by atoms with Gasteiger partial charge in [-0.3, -0.25) is 4.79 Å². The highest BCUT2D eigenvalue weighted by molar-refractivity contribution is 7.13. The smallest absolute Gasteiger partial charge is 0.273 e. The van der Waals surface area contributed by atoms with E-state index in [1.54, 1.807) is 24.5 Å². The highest BCUT2D eigenvalue weighted by Crippen LogP contribution is 2.30. The minimum atomic E-state index is -0.331.